The van der Waals surface area contributed by atoms with Gasteiger partial charge in [0, 0.05) is 6.42 Å². The first kappa shape index (κ1) is 21.4. The molecular formula is C20H34N2O. The van der Waals surface area contributed by atoms with Gasteiger partial charge in [0.1, 0.15) is 0 Å². The Bertz CT molecular complexity index is 381. The second-order valence-electron chi connectivity index (χ2n) is 5.55. The van der Waals surface area contributed by atoms with Crippen LogP contribution in [-0.4, -0.2) is 5.91 Å². The molecule has 0 fully saturated rings. The van der Waals surface area contributed by atoms with Crippen molar-refractivity contribution in [2.24, 2.45) is 5.84 Å². The molecule has 0 bridgehead atoms. The molecule has 0 unspecified atom stereocenters. The van der Waals surface area contributed by atoms with Gasteiger partial charge in [0.2, 0.25) is 5.91 Å². The van der Waals surface area contributed by atoms with Crippen LogP contribution in [0, 0.1) is 0 Å². The van der Waals surface area contributed by atoms with Gasteiger partial charge in [0.05, 0.1) is 0 Å². The molecule has 0 rings (SSSR count). The zero-order valence-electron chi connectivity index (χ0n) is 14.7. The maximum atomic E-state index is 10.9. The van der Waals surface area contributed by atoms with Crippen molar-refractivity contribution in [3.05, 3.63) is 48.6 Å². The highest BCUT2D eigenvalue weighted by Gasteiger charge is 1.94. The fourth-order valence-corrected chi connectivity index (χ4v) is 2.01. The number of carbonyl (C=O) groups excluding carboxylic acids is 1. The van der Waals surface area contributed by atoms with E-state index in [-0.39, 0.29) is 5.91 Å². The second kappa shape index (κ2) is 18.4. The molecule has 0 saturated carbocycles. The smallest absolute Gasteiger partial charge is 0.233 e. The zero-order chi connectivity index (χ0) is 17.0. The highest BCUT2D eigenvalue weighted by Crippen LogP contribution is 2.01. The molecule has 0 aromatic heterocycles. The van der Waals surface area contributed by atoms with Crippen LogP contribution in [0.2, 0.25) is 0 Å². The molecular weight excluding hydrogens is 284 g/mol. The number of nitrogens with two attached hydrogens (primary N) is 1. The molecule has 0 aliphatic heterocycles. The molecule has 130 valence electrons. The SMILES string of the molecule is CCCCCC=CCC=CCC=CCC=CCCCC(=O)NN. The number of unbranched alkanes of at least 4 members (excludes halogenated alkanes) is 4. The van der Waals surface area contributed by atoms with E-state index in [0.717, 1.165) is 32.1 Å². The van der Waals surface area contributed by atoms with Crippen LogP contribution in [0.1, 0.15) is 71.1 Å². The average Bonchev–Trinajstić information content (AvgIpc) is 2.57. The third kappa shape index (κ3) is 18.3. The van der Waals surface area contributed by atoms with E-state index in [4.69, 9.17) is 5.84 Å². The van der Waals surface area contributed by atoms with Crippen LogP contribution in [-0.2, 0) is 4.79 Å². The Morgan fingerprint density at radius 1 is 0.783 bits per heavy atom. The Kier molecular flexibility index (Phi) is 17.1. The molecule has 3 heteroatoms. The standard InChI is InChI=1S/C20H34N2O/c1-2-3-4-5-6-7-8-9-10-11-12-13-14-15-16-17-18-19-20(23)22-21/h6-7,9-10,12-13,15-16H,2-5,8,11,14,17-19,21H2,1H3,(H,22,23). The molecule has 0 radical (unpaired) electrons. The molecule has 0 aromatic carbocycles. The van der Waals surface area contributed by atoms with Crippen LogP contribution in [0.3, 0.4) is 0 Å². The van der Waals surface area contributed by atoms with Crippen molar-refractivity contribution in [1.82, 2.24) is 5.43 Å². The summed E-state index contributed by atoms with van der Waals surface area (Å²) < 4.78 is 0. The highest BCUT2D eigenvalue weighted by atomic mass is 16.2. The molecule has 0 aromatic rings. The van der Waals surface area contributed by atoms with Crippen LogP contribution in [0.15, 0.2) is 48.6 Å². The lowest BCUT2D eigenvalue weighted by Gasteiger charge is -1.95. The van der Waals surface area contributed by atoms with Crippen LogP contribution in [0.5, 0.6) is 0 Å². The lowest BCUT2D eigenvalue weighted by Crippen LogP contribution is -2.29. The molecule has 3 nitrogen and oxygen atoms in total. The van der Waals surface area contributed by atoms with Crippen molar-refractivity contribution in [3.63, 3.8) is 0 Å². The summed E-state index contributed by atoms with van der Waals surface area (Å²) in [6.07, 6.45) is 28.0. The van der Waals surface area contributed by atoms with E-state index in [1.165, 1.54) is 25.7 Å². The minimum Gasteiger partial charge on any atom is -0.294 e. The first-order valence-electron chi connectivity index (χ1n) is 8.90. The molecule has 0 saturated heterocycles. The minimum absolute atomic E-state index is 0.0964. The third-order valence-electron chi connectivity index (χ3n) is 3.39. The van der Waals surface area contributed by atoms with E-state index in [2.05, 4.69) is 61.0 Å². The molecule has 1 amide bonds. The monoisotopic (exact) mass is 318 g/mol. The van der Waals surface area contributed by atoms with Crippen molar-refractivity contribution < 1.29 is 4.79 Å². The summed E-state index contributed by atoms with van der Waals surface area (Å²) in [4.78, 5) is 10.9. The van der Waals surface area contributed by atoms with E-state index in [0.29, 0.717) is 6.42 Å². The molecule has 0 aliphatic carbocycles. The summed E-state index contributed by atoms with van der Waals surface area (Å²) in [7, 11) is 0. The maximum Gasteiger partial charge on any atom is 0.233 e. The van der Waals surface area contributed by atoms with Gasteiger partial charge in [0.25, 0.3) is 0 Å². The normalized spacial score (nSPS) is 12.3. The Labute approximate surface area is 142 Å². The van der Waals surface area contributed by atoms with Gasteiger partial charge in [-0.25, -0.2) is 5.84 Å². The molecule has 0 heterocycles. The van der Waals surface area contributed by atoms with Crippen LogP contribution < -0.4 is 11.3 Å². The van der Waals surface area contributed by atoms with E-state index in [1.807, 2.05) is 0 Å². The average molecular weight is 319 g/mol. The summed E-state index contributed by atoms with van der Waals surface area (Å²) in [6.45, 7) is 2.24. The van der Waals surface area contributed by atoms with Crippen molar-refractivity contribution in [1.29, 1.82) is 0 Å². The van der Waals surface area contributed by atoms with Crippen molar-refractivity contribution in [2.45, 2.75) is 71.1 Å². The topological polar surface area (TPSA) is 55.1 Å². The summed E-state index contributed by atoms with van der Waals surface area (Å²) >= 11 is 0. The fraction of sp³-hybridized carbons (Fsp3) is 0.550. The Balaban J connectivity index is 3.42. The molecule has 0 atom stereocenters. The number of rotatable bonds is 14. The number of hydrogen-bond donors (Lipinski definition) is 2. The van der Waals surface area contributed by atoms with E-state index < -0.39 is 0 Å². The zero-order valence-corrected chi connectivity index (χ0v) is 14.7. The lowest BCUT2D eigenvalue weighted by atomic mass is 10.2. The van der Waals surface area contributed by atoms with Gasteiger partial charge in [-0.3, -0.25) is 10.2 Å². The van der Waals surface area contributed by atoms with E-state index in [1.54, 1.807) is 0 Å². The van der Waals surface area contributed by atoms with Crippen molar-refractivity contribution in [3.8, 4) is 0 Å². The highest BCUT2D eigenvalue weighted by molar-refractivity contribution is 5.75. The van der Waals surface area contributed by atoms with Gasteiger partial charge >= 0.3 is 0 Å². The summed E-state index contributed by atoms with van der Waals surface area (Å²) in [5.74, 6) is 4.91. The molecule has 3 N–H and O–H groups in total. The second-order valence-corrected chi connectivity index (χ2v) is 5.55. The number of hydrogen-bond acceptors (Lipinski definition) is 2. The van der Waals surface area contributed by atoms with E-state index >= 15 is 0 Å². The Morgan fingerprint density at radius 3 is 1.74 bits per heavy atom. The fourth-order valence-electron chi connectivity index (χ4n) is 2.01. The van der Waals surface area contributed by atoms with Crippen molar-refractivity contribution >= 4 is 5.91 Å². The molecule has 23 heavy (non-hydrogen) atoms. The Morgan fingerprint density at radius 2 is 1.26 bits per heavy atom. The summed E-state index contributed by atoms with van der Waals surface area (Å²) in [6, 6.07) is 0. The third-order valence-corrected chi connectivity index (χ3v) is 3.39. The van der Waals surface area contributed by atoms with Crippen LogP contribution in [0.25, 0.3) is 0 Å². The number of carbonyl (C=O) groups is 1. The van der Waals surface area contributed by atoms with Gasteiger partial charge in [-0.2, -0.15) is 0 Å². The largest absolute Gasteiger partial charge is 0.294 e. The Hall–Kier alpha value is -1.61. The predicted molar refractivity (Wildman–Crippen MR) is 101 cm³/mol. The first-order chi connectivity index (χ1) is 11.3. The van der Waals surface area contributed by atoms with Gasteiger partial charge in [-0.1, -0.05) is 68.4 Å². The van der Waals surface area contributed by atoms with Gasteiger partial charge < -0.3 is 0 Å². The van der Waals surface area contributed by atoms with Gasteiger partial charge in [-0.15, -0.1) is 0 Å². The first-order valence-corrected chi connectivity index (χ1v) is 8.90. The van der Waals surface area contributed by atoms with Crippen LogP contribution >= 0.6 is 0 Å². The quantitative estimate of drug-likeness (QED) is 0.153. The lowest BCUT2D eigenvalue weighted by molar-refractivity contribution is -0.121. The van der Waals surface area contributed by atoms with Crippen LogP contribution in [0.4, 0.5) is 0 Å². The van der Waals surface area contributed by atoms with Gasteiger partial charge in [0.15, 0.2) is 0 Å². The van der Waals surface area contributed by atoms with E-state index in [9.17, 15) is 4.79 Å². The minimum atomic E-state index is -0.0964. The summed E-state index contributed by atoms with van der Waals surface area (Å²) in [5, 5.41) is 0. The number of allylic oxidation sites excluding steroid dienone is 8. The molecule has 0 aliphatic rings. The van der Waals surface area contributed by atoms with Crippen molar-refractivity contribution in [2.75, 3.05) is 0 Å². The maximum absolute atomic E-state index is 10.9. The van der Waals surface area contributed by atoms with Gasteiger partial charge in [-0.05, 0) is 44.9 Å². The summed E-state index contributed by atoms with van der Waals surface area (Å²) in [5.41, 5.74) is 2.13. The molecule has 0 spiro atoms. The predicted octanol–water partition coefficient (Wildman–Crippen LogP) is 5.12. The number of amides is 1. The number of hydrazine groups is 1. The number of nitrogens with one attached hydrogen (secondary N) is 1.